The highest BCUT2D eigenvalue weighted by atomic mass is 16.3. The highest BCUT2D eigenvalue weighted by Gasteiger charge is 2.14. The molecule has 2 aromatic heterocycles. The van der Waals surface area contributed by atoms with Crippen LogP contribution in [0.5, 0.6) is 5.75 Å². The van der Waals surface area contributed by atoms with Gasteiger partial charge in [-0.3, -0.25) is 4.40 Å². The first-order valence-electron chi connectivity index (χ1n) is 6.66. The maximum absolute atomic E-state index is 9.53. The van der Waals surface area contributed by atoms with E-state index in [1.807, 2.05) is 4.40 Å². The van der Waals surface area contributed by atoms with Crippen LogP contribution in [0.4, 0.5) is 0 Å². The third-order valence-electron chi connectivity index (χ3n) is 3.70. The highest BCUT2D eigenvalue weighted by molar-refractivity contribution is 5.40. The number of likely N-dealkylation sites (N-methyl/N-ethyl adjacent to an activating group) is 1. The molecule has 19 heavy (non-hydrogen) atoms. The van der Waals surface area contributed by atoms with Gasteiger partial charge >= 0.3 is 0 Å². The second-order valence-corrected chi connectivity index (χ2v) is 5.13. The van der Waals surface area contributed by atoms with Gasteiger partial charge in [0.1, 0.15) is 11.6 Å². The van der Waals surface area contributed by atoms with E-state index >= 15 is 0 Å². The van der Waals surface area contributed by atoms with Crippen molar-refractivity contribution >= 4 is 5.65 Å². The summed E-state index contributed by atoms with van der Waals surface area (Å²) in [6.07, 6.45) is 2.53. The number of pyridine rings is 1. The average molecular weight is 261 g/mol. The molecule has 0 atom stereocenters. The number of aromatic nitrogens is 3. The van der Waals surface area contributed by atoms with Crippen molar-refractivity contribution in [2.24, 2.45) is 0 Å². The van der Waals surface area contributed by atoms with Gasteiger partial charge in [-0.25, -0.2) is 0 Å². The quantitative estimate of drug-likeness (QED) is 0.857. The van der Waals surface area contributed by atoms with Crippen molar-refractivity contribution in [1.29, 1.82) is 0 Å². The molecule has 0 radical (unpaired) electrons. The number of hydrogen-bond donors (Lipinski definition) is 1. The summed E-state index contributed by atoms with van der Waals surface area (Å²) in [6.45, 7) is 5.46. The topological polar surface area (TPSA) is 56.9 Å². The molecule has 6 nitrogen and oxygen atoms in total. The van der Waals surface area contributed by atoms with E-state index in [2.05, 4.69) is 27.0 Å². The summed E-state index contributed by atoms with van der Waals surface area (Å²) in [5.41, 5.74) is 0.783. The number of hydrogen-bond acceptors (Lipinski definition) is 5. The lowest BCUT2D eigenvalue weighted by atomic mass is 10.3. The minimum absolute atomic E-state index is 0.244. The Morgan fingerprint density at radius 2 is 1.95 bits per heavy atom. The molecular weight excluding hydrogens is 242 g/mol. The molecule has 1 fully saturated rings. The molecule has 1 saturated heterocycles. The van der Waals surface area contributed by atoms with Gasteiger partial charge in [0.05, 0.1) is 6.20 Å². The molecule has 0 saturated carbocycles. The van der Waals surface area contributed by atoms with Crippen LogP contribution in [-0.2, 0) is 6.42 Å². The van der Waals surface area contributed by atoms with Crippen molar-refractivity contribution in [3.63, 3.8) is 0 Å². The summed E-state index contributed by atoms with van der Waals surface area (Å²) >= 11 is 0. The monoisotopic (exact) mass is 261 g/mol. The molecule has 3 rings (SSSR count). The highest BCUT2D eigenvalue weighted by Crippen LogP contribution is 2.12. The van der Waals surface area contributed by atoms with Crippen molar-refractivity contribution < 1.29 is 5.11 Å². The zero-order chi connectivity index (χ0) is 13.2. The Kier molecular flexibility index (Phi) is 3.35. The van der Waals surface area contributed by atoms with Crippen molar-refractivity contribution in [2.45, 2.75) is 6.42 Å². The number of piperazine rings is 1. The maximum Gasteiger partial charge on any atom is 0.161 e. The second kappa shape index (κ2) is 5.14. The lowest BCUT2D eigenvalue weighted by Gasteiger charge is -2.32. The second-order valence-electron chi connectivity index (χ2n) is 5.13. The minimum atomic E-state index is 0.244. The molecule has 0 unspecified atom stereocenters. The molecule has 0 amide bonds. The average Bonchev–Trinajstić information content (AvgIpc) is 2.80. The van der Waals surface area contributed by atoms with Crippen LogP contribution in [0.15, 0.2) is 18.3 Å². The molecular formula is C13H19N5O. The van der Waals surface area contributed by atoms with E-state index in [1.165, 1.54) is 0 Å². The molecule has 2 aromatic rings. The van der Waals surface area contributed by atoms with E-state index in [4.69, 9.17) is 0 Å². The van der Waals surface area contributed by atoms with Crippen LogP contribution in [-0.4, -0.2) is 69.3 Å². The molecule has 1 aliphatic heterocycles. The zero-order valence-electron chi connectivity index (χ0n) is 11.2. The maximum atomic E-state index is 9.53. The van der Waals surface area contributed by atoms with Crippen LogP contribution in [0.2, 0.25) is 0 Å². The Morgan fingerprint density at radius 3 is 2.74 bits per heavy atom. The largest absolute Gasteiger partial charge is 0.506 e. The van der Waals surface area contributed by atoms with Crippen LogP contribution < -0.4 is 0 Å². The van der Waals surface area contributed by atoms with Gasteiger partial charge in [0.25, 0.3) is 0 Å². The SMILES string of the molecule is CN1CCN(CCc2nnc3ccc(O)cn23)CC1. The Hall–Kier alpha value is -1.66. The van der Waals surface area contributed by atoms with E-state index in [-0.39, 0.29) is 5.75 Å². The van der Waals surface area contributed by atoms with Crippen LogP contribution in [0, 0.1) is 0 Å². The molecule has 102 valence electrons. The van der Waals surface area contributed by atoms with Gasteiger partial charge in [-0.05, 0) is 19.2 Å². The molecule has 0 aliphatic carbocycles. The Labute approximate surface area is 112 Å². The Morgan fingerprint density at radius 1 is 1.16 bits per heavy atom. The number of fused-ring (bicyclic) bond motifs is 1. The molecule has 0 aromatic carbocycles. The van der Waals surface area contributed by atoms with Crippen LogP contribution in [0.3, 0.4) is 0 Å². The van der Waals surface area contributed by atoms with Crippen LogP contribution in [0.1, 0.15) is 5.82 Å². The number of aromatic hydroxyl groups is 1. The Balaban J connectivity index is 1.67. The van der Waals surface area contributed by atoms with E-state index in [0.717, 1.165) is 50.6 Å². The summed E-state index contributed by atoms with van der Waals surface area (Å²) in [4.78, 5) is 4.80. The van der Waals surface area contributed by atoms with E-state index in [0.29, 0.717) is 0 Å². The summed E-state index contributed by atoms with van der Waals surface area (Å²) in [7, 11) is 2.16. The first kappa shape index (κ1) is 12.4. The minimum Gasteiger partial charge on any atom is -0.506 e. The third kappa shape index (κ3) is 2.69. The number of rotatable bonds is 3. The predicted octanol–water partition coefficient (Wildman–Crippen LogP) is 0.225. The fraction of sp³-hybridized carbons (Fsp3) is 0.538. The normalized spacial score (nSPS) is 18.2. The summed E-state index contributed by atoms with van der Waals surface area (Å²) in [6, 6.07) is 3.41. The van der Waals surface area contributed by atoms with Crippen molar-refractivity contribution in [2.75, 3.05) is 39.8 Å². The first-order valence-corrected chi connectivity index (χ1v) is 6.66. The lowest BCUT2D eigenvalue weighted by Crippen LogP contribution is -2.45. The third-order valence-corrected chi connectivity index (χ3v) is 3.70. The van der Waals surface area contributed by atoms with Gasteiger partial charge in [-0.15, -0.1) is 10.2 Å². The lowest BCUT2D eigenvalue weighted by molar-refractivity contribution is 0.155. The van der Waals surface area contributed by atoms with Crippen LogP contribution >= 0.6 is 0 Å². The smallest absolute Gasteiger partial charge is 0.161 e. The molecule has 3 heterocycles. The summed E-state index contributed by atoms with van der Waals surface area (Å²) in [5, 5.41) is 17.8. The Bertz CT molecular complexity index is 559. The molecule has 1 N–H and O–H groups in total. The van der Waals surface area contributed by atoms with Gasteiger partial charge in [-0.2, -0.15) is 0 Å². The molecule has 1 aliphatic rings. The summed E-state index contributed by atoms with van der Waals surface area (Å²) < 4.78 is 1.87. The van der Waals surface area contributed by atoms with Gasteiger partial charge in [0.15, 0.2) is 5.65 Å². The van der Waals surface area contributed by atoms with Crippen LogP contribution in [0.25, 0.3) is 5.65 Å². The van der Waals surface area contributed by atoms with Crippen molar-refractivity contribution in [3.05, 3.63) is 24.2 Å². The van der Waals surface area contributed by atoms with Gasteiger partial charge in [-0.1, -0.05) is 0 Å². The predicted molar refractivity (Wildman–Crippen MR) is 72.3 cm³/mol. The molecule has 0 spiro atoms. The standard InChI is InChI=1S/C13H19N5O/c1-16-6-8-17(9-7-16)5-4-13-15-14-12-3-2-11(19)10-18(12)13/h2-3,10,19H,4-9H2,1H3. The van der Waals surface area contributed by atoms with Crippen molar-refractivity contribution in [1.82, 2.24) is 24.4 Å². The fourth-order valence-corrected chi connectivity index (χ4v) is 2.43. The first-order chi connectivity index (χ1) is 9.22. The van der Waals surface area contributed by atoms with Gasteiger partial charge in [0, 0.05) is 39.1 Å². The van der Waals surface area contributed by atoms with E-state index in [1.54, 1.807) is 18.3 Å². The fourth-order valence-electron chi connectivity index (χ4n) is 2.43. The van der Waals surface area contributed by atoms with Crippen molar-refractivity contribution in [3.8, 4) is 5.75 Å². The summed E-state index contributed by atoms with van der Waals surface area (Å²) in [5.74, 6) is 1.15. The molecule has 6 heteroatoms. The number of nitrogens with zero attached hydrogens (tertiary/aromatic N) is 5. The molecule has 0 bridgehead atoms. The zero-order valence-corrected chi connectivity index (χ0v) is 11.2. The van der Waals surface area contributed by atoms with Gasteiger partial charge < -0.3 is 14.9 Å². The van der Waals surface area contributed by atoms with E-state index < -0.39 is 0 Å². The van der Waals surface area contributed by atoms with Gasteiger partial charge in [0.2, 0.25) is 0 Å². The van der Waals surface area contributed by atoms with E-state index in [9.17, 15) is 5.11 Å².